The lowest BCUT2D eigenvalue weighted by Crippen LogP contribution is -2.04. The molecule has 7 heavy (non-hydrogen) atoms. The summed E-state index contributed by atoms with van der Waals surface area (Å²) in [7, 11) is 0. The summed E-state index contributed by atoms with van der Waals surface area (Å²) in [5.41, 5.74) is 0. The van der Waals surface area contributed by atoms with Crippen LogP contribution >= 0.6 is 11.8 Å². The van der Waals surface area contributed by atoms with Crippen LogP contribution in [0.3, 0.4) is 0 Å². The van der Waals surface area contributed by atoms with Crippen LogP contribution in [0.5, 0.6) is 0 Å². The van der Waals surface area contributed by atoms with Gasteiger partial charge in [0.05, 0.1) is 0 Å². The van der Waals surface area contributed by atoms with Crippen molar-refractivity contribution in [3.05, 3.63) is 6.42 Å². The van der Waals surface area contributed by atoms with Gasteiger partial charge in [0.1, 0.15) is 0 Å². The molecule has 2 radical (unpaired) electrons. The van der Waals surface area contributed by atoms with E-state index in [0.717, 1.165) is 0 Å². The summed E-state index contributed by atoms with van der Waals surface area (Å²) >= 11 is 2.01. The largest absolute Gasteiger partial charge is 0.158 e. The zero-order valence-corrected chi connectivity index (χ0v) is 5.42. The normalized spacial score (nSPS) is 33.0. The molecule has 0 aliphatic carbocycles. The first kappa shape index (κ1) is 5.49. The van der Waals surface area contributed by atoms with E-state index in [4.69, 9.17) is 0 Å². The summed E-state index contributed by atoms with van der Waals surface area (Å²) in [5.74, 6) is 1.34. The molecule has 0 nitrogen and oxygen atoms in total. The Kier molecular flexibility index (Phi) is 2.04. The first-order valence-electron chi connectivity index (χ1n) is 2.74. The molecule has 1 heterocycles. The van der Waals surface area contributed by atoms with Gasteiger partial charge in [0.15, 0.2) is 0 Å². The van der Waals surface area contributed by atoms with E-state index in [1.807, 2.05) is 11.8 Å². The van der Waals surface area contributed by atoms with Gasteiger partial charge in [-0.1, -0.05) is 6.92 Å². The molecule has 0 amide bonds. The van der Waals surface area contributed by atoms with Crippen LogP contribution in [0.25, 0.3) is 0 Å². The highest BCUT2D eigenvalue weighted by atomic mass is 32.2. The Balaban J connectivity index is 2.12. The van der Waals surface area contributed by atoms with Gasteiger partial charge >= 0.3 is 0 Å². The van der Waals surface area contributed by atoms with E-state index in [2.05, 4.69) is 13.3 Å². The van der Waals surface area contributed by atoms with E-state index in [1.54, 1.807) is 0 Å². The molecule has 1 aliphatic heterocycles. The van der Waals surface area contributed by atoms with E-state index < -0.39 is 0 Å². The molecular weight excluding hydrogens is 104 g/mol. The van der Waals surface area contributed by atoms with Crippen molar-refractivity contribution in [3.63, 3.8) is 0 Å². The second-order valence-corrected chi connectivity index (χ2v) is 3.27. The van der Waals surface area contributed by atoms with Crippen LogP contribution in [-0.4, -0.2) is 11.0 Å². The third-order valence-corrected chi connectivity index (χ3v) is 2.31. The van der Waals surface area contributed by atoms with Gasteiger partial charge in [0, 0.05) is 5.25 Å². The Labute approximate surface area is 49.7 Å². The minimum atomic E-state index is 0.703. The molecule has 1 heteroatoms. The Bertz CT molecular complexity index is 46.1. The molecule has 40 valence electrons. The fourth-order valence-electron chi connectivity index (χ4n) is 0.697. The van der Waals surface area contributed by atoms with E-state index in [-0.39, 0.29) is 0 Å². The standard InChI is InChI=1S/C6H10S/c1-6-4-2-3-5-7-6/h6H,2-3,5H2,1H3. The smallest absolute Gasteiger partial charge is 0.00870 e. The van der Waals surface area contributed by atoms with Crippen molar-refractivity contribution in [1.82, 2.24) is 0 Å². The molecule has 0 N–H and O–H groups in total. The van der Waals surface area contributed by atoms with Crippen molar-refractivity contribution in [2.75, 3.05) is 5.75 Å². The first-order chi connectivity index (χ1) is 3.39. The van der Waals surface area contributed by atoms with Crippen molar-refractivity contribution in [2.45, 2.75) is 25.0 Å². The zero-order valence-electron chi connectivity index (χ0n) is 4.61. The second kappa shape index (κ2) is 2.61. The fourth-order valence-corrected chi connectivity index (χ4v) is 1.60. The highest BCUT2D eigenvalue weighted by Gasteiger charge is 2.07. The van der Waals surface area contributed by atoms with E-state index in [1.165, 1.54) is 18.6 Å². The average Bonchev–Trinajstić information content (AvgIpc) is 1.69. The number of hydrogen-bond donors (Lipinski definition) is 0. The Morgan fingerprint density at radius 3 is 2.86 bits per heavy atom. The topological polar surface area (TPSA) is 0 Å². The molecule has 0 spiro atoms. The second-order valence-electron chi connectivity index (χ2n) is 1.82. The van der Waals surface area contributed by atoms with Crippen LogP contribution in [0.4, 0.5) is 0 Å². The highest BCUT2D eigenvalue weighted by molar-refractivity contribution is 8.00. The number of thioether (sulfide) groups is 1. The molecule has 0 aromatic carbocycles. The maximum Gasteiger partial charge on any atom is 0.00870 e. The monoisotopic (exact) mass is 114 g/mol. The van der Waals surface area contributed by atoms with E-state index in [0.29, 0.717) is 5.25 Å². The fraction of sp³-hybridized carbons (Fsp3) is 0.833. The molecule has 1 unspecified atom stereocenters. The summed E-state index contributed by atoms with van der Waals surface area (Å²) < 4.78 is 0. The summed E-state index contributed by atoms with van der Waals surface area (Å²) in [6.07, 6.45) is 5.90. The SMILES string of the molecule is CC1[C]CCCS1. The quantitative estimate of drug-likeness (QED) is 0.464. The Morgan fingerprint density at radius 2 is 2.57 bits per heavy atom. The third kappa shape index (κ3) is 1.72. The summed E-state index contributed by atoms with van der Waals surface area (Å²) in [6, 6.07) is 0. The van der Waals surface area contributed by atoms with Gasteiger partial charge < -0.3 is 0 Å². The average molecular weight is 114 g/mol. The van der Waals surface area contributed by atoms with Crippen LogP contribution in [0.15, 0.2) is 0 Å². The predicted octanol–water partition coefficient (Wildman–Crippen LogP) is 1.98. The van der Waals surface area contributed by atoms with Crippen LogP contribution in [0, 0.1) is 6.42 Å². The maximum atomic E-state index is 3.34. The number of rotatable bonds is 0. The molecule has 0 bridgehead atoms. The van der Waals surface area contributed by atoms with Gasteiger partial charge in [-0.25, -0.2) is 0 Å². The lowest BCUT2D eigenvalue weighted by atomic mass is 10.2. The van der Waals surface area contributed by atoms with Gasteiger partial charge in [-0.3, -0.25) is 0 Å². The molecule has 1 fully saturated rings. The Morgan fingerprint density at radius 1 is 1.71 bits per heavy atom. The van der Waals surface area contributed by atoms with Crippen molar-refractivity contribution in [1.29, 1.82) is 0 Å². The molecule has 0 aromatic rings. The molecule has 1 atom stereocenters. The molecule has 1 saturated heterocycles. The van der Waals surface area contributed by atoms with Gasteiger partial charge in [0.25, 0.3) is 0 Å². The van der Waals surface area contributed by atoms with Crippen LogP contribution < -0.4 is 0 Å². The first-order valence-corrected chi connectivity index (χ1v) is 3.79. The number of hydrogen-bond acceptors (Lipinski definition) is 1. The van der Waals surface area contributed by atoms with Gasteiger partial charge in [-0.15, -0.1) is 0 Å². The van der Waals surface area contributed by atoms with Gasteiger partial charge in [-0.2, -0.15) is 11.8 Å². The lowest BCUT2D eigenvalue weighted by molar-refractivity contribution is 0.838. The van der Waals surface area contributed by atoms with Crippen molar-refractivity contribution >= 4 is 11.8 Å². The molecule has 1 rings (SSSR count). The minimum absolute atomic E-state index is 0.703. The van der Waals surface area contributed by atoms with Gasteiger partial charge in [0.2, 0.25) is 0 Å². The maximum absolute atomic E-state index is 3.34. The van der Waals surface area contributed by atoms with Crippen molar-refractivity contribution < 1.29 is 0 Å². The van der Waals surface area contributed by atoms with Crippen LogP contribution in [0.2, 0.25) is 0 Å². The van der Waals surface area contributed by atoms with E-state index in [9.17, 15) is 0 Å². The summed E-state index contributed by atoms with van der Waals surface area (Å²) in [4.78, 5) is 0. The van der Waals surface area contributed by atoms with Gasteiger partial charge in [-0.05, 0) is 25.0 Å². The zero-order chi connectivity index (χ0) is 5.11. The minimum Gasteiger partial charge on any atom is -0.158 e. The predicted molar refractivity (Wildman–Crippen MR) is 34.4 cm³/mol. The molecule has 0 aromatic heterocycles. The van der Waals surface area contributed by atoms with Crippen LogP contribution in [0.1, 0.15) is 19.8 Å². The highest BCUT2D eigenvalue weighted by Crippen LogP contribution is 2.22. The van der Waals surface area contributed by atoms with Crippen molar-refractivity contribution in [3.8, 4) is 0 Å². The summed E-state index contributed by atoms with van der Waals surface area (Å²) in [6.45, 7) is 2.21. The van der Waals surface area contributed by atoms with Crippen molar-refractivity contribution in [2.24, 2.45) is 0 Å². The lowest BCUT2D eigenvalue weighted by Gasteiger charge is -2.14. The Hall–Kier alpha value is 0.350. The third-order valence-electron chi connectivity index (χ3n) is 1.12. The molecule has 0 saturated carbocycles. The van der Waals surface area contributed by atoms with E-state index >= 15 is 0 Å². The van der Waals surface area contributed by atoms with Crippen LogP contribution in [-0.2, 0) is 0 Å². The summed E-state index contributed by atoms with van der Waals surface area (Å²) in [5, 5.41) is 0.703. The molecule has 1 aliphatic rings. The molecular formula is C6H10S.